The van der Waals surface area contributed by atoms with Gasteiger partial charge < -0.3 is 19.5 Å². The summed E-state index contributed by atoms with van der Waals surface area (Å²) < 4.78 is 16.2. The van der Waals surface area contributed by atoms with E-state index in [1.165, 1.54) is 0 Å². The molecule has 0 fully saturated rings. The molecule has 0 atom stereocenters. The molecule has 1 rings (SSSR count). The van der Waals surface area contributed by atoms with Crippen LogP contribution in [-0.4, -0.2) is 26.9 Å². The fourth-order valence-electron chi connectivity index (χ4n) is 2.64. The van der Waals surface area contributed by atoms with E-state index in [0.717, 1.165) is 42.9 Å². The fourth-order valence-corrected chi connectivity index (χ4v) is 2.64. The van der Waals surface area contributed by atoms with Gasteiger partial charge in [-0.15, -0.1) is 0 Å². The summed E-state index contributed by atoms with van der Waals surface area (Å²) in [6.07, 6.45) is 3.32. The molecule has 0 amide bonds. The molecule has 0 saturated carbocycles. The van der Waals surface area contributed by atoms with E-state index in [9.17, 15) is 0 Å². The van der Waals surface area contributed by atoms with Crippen molar-refractivity contribution in [3.05, 3.63) is 17.7 Å². The Labute approximate surface area is 128 Å². The highest BCUT2D eigenvalue weighted by molar-refractivity contribution is 5.50. The molecule has 1 aromatic rings. The molecule has 0 heterocycles. The molecule has 0 spiro atoms. The van der Waals surface area contributed by atoms with Gasteiger partial charge in [0.2, 0.25) is 0 Å². The van der Waals surface area contributed by atoms with E-state index in [0.29, 0.717) is 5.75 Å². The summed E-state index contributed by atoms with van der Waals surface area (Å²) in [5.74, 6) is 2.23. The Morgan fingerprint density at radius 2 is 1.29 bits per heavy atom. The van der Waals surface area contributed by atoms with Crippen molar-refractivity contribution in [2.24, 2.45) is 0 Å². The second-order valence-electron chi connectivity index (χ2n) is 5.21. The standard InChI is InChI=1S/C17H29NO3/c1-7-17(8-2,9-3)18-12-13-10-15(20-5)16(21-6)11-14(13)19-4/h10-11,18H,7-9,12H2,1-6H3. The van der Waals surface area contributed by atoms with Crippen molar-refractivity contribution in [1.29, 1.82) is 0 Å². The first kappa shape index (κ1) is 17.6. The molecule has 120 valence electrons. The van der Waals surface area contributed by atoms with Crippen LogP contribution in [0.15, 0.2) is 12.1 Å². The molecule has 0 aliphatic rings. The summed E-state index contributed by atoms with van der Waals surface area (Å²) in [6, 6.07) is 3.86. The predicted octanol–water partition coefficient (Wildman–Crippen LogP) is 3.77. The maximum atomic E-state index is 5.48. The van der Waals surface area contributed by atoms with Gasteiger partial charge in [-0.25, -0.2) is 0 Å². The van der Waals surface area contributed by atoms with Gasteiger partial charge >= 0.3 is 0 Å². The van der Waals surface area contributed by atoms with E-state index in [4.69, 9.17) is 14.2 Å². The van der Waals surface area contributed by atoms with E-state index >= 15 is 0 Å². The van der Waals surface area contributed by atoms with Gasteiger partial charge in [0.15, 0.2) is 11.5 Å². The predicted molar refractivity (Wildman–Crippen MR) is 86.5 cm³/mol. The first-order valence-electron chi connectivity index (χ1n) is 7.63. The van der Waals surface area contributed by atoms with Crippen LogP contribution in [-0.2, 0) is 6.54 Å². The Balaban J connectivity index is 3.01. The summed E-state index contributed by atoms with van der Waals surface area (Å²) in [5, 5.41) is 3.69. The molecule has 4 heteroatoms. The minimum atomic E-state index is 0.179. The zero-order valence-corrected chi connectivity index (χ0v) is 14.2. The highest BCUT2D eigenvalue weighted by Crippen LogP contribution is 2.35. The number of rotatable bonds is 9. The molecule has 0 unspecified atom stereocenters. The lowest BCUT2D eigenvalue weighted by Crippen LogP contribution is -2.43. The van der Waals surface area contributed by atoms with E-state index in [1.54, 1.807) is 21.3 Å². The van der Waals surface area contributed by atoms with Crippen molar-refractivity contribution in [2.75, 3.05) is 21.3 Å². The summed E-state index contributed by atoms with van der Waals surface area (Å²) in [5.41, 5.74) is 1.26. The number of ether oxygens (including phenoxy) is 3. The van der Waals surface area contributed by atoms with Gasteiger partial charge in [0.25, 0.3) is 0 Å². The van der Waals surface area contributed by atoms with Gasteiger partial charge in [-0.2, -0.15) is 0 Å². The fraction of sp³-hybridized carbons (Fsp3) is 0.647. The Bertz CT molecular complexity index is 434. The number of hydrogen-bond acceptors (Lipinski definition) is 4. The van der Waals surface area contributed by atoms with E-state index < -0.39 is 0 Å². The quantitative estimate of drug-likeness (QED) is 0.753. The smallest absolute Gasteiger partial charge is 0.164 e. The molecule has 0 radical (unpaired) electrons. The molecule has 21 heavy (non-hydrogen) atoms. The first-order chi connectivity index (χ1) is 10.1. The average molecular weight is 295 g/mol. The highest BCUT2D eigenvalue weighted by atomic mass is 16.5. The van der Waals surface area contributed by atoms with E-state index in [-0.39, 0.29) is 5.54 Å². The molecule has 0 aliphatic carbocycles. The molecule has 0 aromatic heterocycles. The zero-order valence-electron chi connectivity index (χ0n) is 14.2. The van der Waals surface area contributed by atoms with Crippen molar-refractivity contribution in [3.63, 3.8) is 0 Å². The summed E-state index contributed by atoms with van der Waals surface area (Å²) in [6.45, 7) is 7.43. The Morgan fingerprint density at radius 3 is 1.71 bits per heavy atom. The van der Waals surface area contributed by atoms with Crippen molar-refractivity contribution < 1.29 is 14.2 Å². The molecule has 1 aromatic carbocycles. The summed E-state index contributed by atoms with van der Waals surface area (Å²) >= 11 is 0. The highest BCUT2D eigenvalue weighted by Gasteiger charge is 2.23. The van der Waals surface area contributed by atoms with Crippen LogP contribution >= 0.6 is 0 Å². The van der Waals surface area contributed by atoms with Gasteiger partial charge in [-0.3, -0.25) is 0 Å². The van der Waals surface area contributed by atoms with Gasteiger partial charge in [0, 0.05) is 23.7 Å². The maximum Gasteiger partial charge on any atom is 0.164 e. The molecule has 1 N–H and O–H groups in total. The van der Waals surface area contributed by atoms with Crippen LogP contribution in [0.2, 0.25) is 0 Å². The third-order valence-electron chi connectivity index (χ3n) is 4.47. The van der Waals surface area contributed by atoms with Gasteiger partial charge in [-0.05, 0) is 25.3 Å². The van der Waals surface area contributed by atoms with Crippen LogP contribution in [0.3, 0.4) is 0 Å². The van der Waals surface area contributed by atoms with Gasteiger partial charge in [0.1, 0.15) is 5.75 Å². The van der Waals surface area contributed by atoms with Crippen LogP contribution in [0.1, 0.15) is 45.6 Å². The Kier molecular flexibility index (Phi) is 6.82. The molecular formula is C17H29NO3. The van der Waals surface area contributed by atoms with Crippen molar-refractivity contribution >= 4 is 0 Å². The van der Waals surface area contributed by atoms with Gasteiger partial charge in [-0.1, -0.05) is 20.8 Å². The third-order valence-corrected chi connectivity index (χ3v) is 4.47. The largest absolute Gasteiger partial charge is 0.496 e. The lowest BCUT2D eigenvalue weighted by molar-refractivity contribution is 0.285. The Hall–Kier alpha value is -1.42. The Morgan fingerprint density at radius 1 is 0.810 bits per heavy atom. The van der Waals surface area contributed by atoms with Crippen LogP contribution in [0, 0.1) is 0 Å². The summed E-state index contributed by atoms with van der Waals surface area (Å²) in [7, 11) is 4.96. The first-order valence-corrected chi connectivity index (χ1v) is 7.63. The van der Waals surface area contributed by atoms with E-state index in [1.807, 2.05) is 12.1 Å². The molecule has 0 aliphatic heterocycles. The number of methoxy groups -OCH3 is 3. The monoisotopic (exact) mass is 295 g/mol. The molecular weight excluding hydrogens is 266 g/mol. The average Bonchev–Trinajstić information content (AvgIpc) is 2.55. The van der Waals surface area contributed by atoms with Crippen LogP contribution in [0.25, 0.3) is 0 Å². The topological polar surface area (TPSA) is 39.7 Å². The molecule has 0 bridgehead atoms. The minimum absolute atomic E-state index is 0.179. The number of hydrogen-bond donors (Lipinski definition) is 1. The molecule has 4 nitrogen and oxygen atoms in total. The van der Waals surface area contributed by atoms with Crippen molar-refractivity contribution in [3.8, 4) is 17.2 Å². The van der Waals surface area contributed by atoms with Crippen molar-refractivity contribution in [1.82, 2.24) is 5.32 Å². The van der Waals surface area contributed by atoms with Gasteiger partial charge in [0.05, 0.1) is 21.3 Å². The lowest BCUT2D eigenvalue weighted by atomic mass is 9.89. The second-order valence-corrected chi connectivity index (χ2v) is 5.21. The normalized spacial score (nSPS) is 11.3. The van der Waals surface area contributed by atoms with Crippen LogP contribution in [0.4, 0.5) is 0 Å². The van der Waals surface area contributed by atoms with Crippen molar-refractivity contribution in [2.45, 2.75) is 52.1 Å². The maximum absolute atomic E-state index is 5.48. The number of nitrogens with one attached hydrogen (secondary N) is 1. The summed E-state index contributed by atoms with van der Waals surface area (Å²) in [4.78, 5) is 0. The number of benzene rings is 1. The van der Waals surface area contributed by atoms with E-state index in [2.05, 4.69) is 26.1 Å². The molecule has 0 saturated heterocycles. The third kappa shape index (κ3) is 4.03. The minimum Gasteiger partial charge on any atom is -0.496 e. The SMILES string of the molecule is CCC(CC)(CC)NCc1cc(OC)c(OC)cc1OC. The van der Waals surface area contributed by atoms with Crippen LogP contribution < -0.4 is 19.5 Å². The van der Waals surface area contributed by atoms with Crippen LogP contribution in [0.5, 0.6) is 17.2 Å². The lowest BCUT2D eigenvalue weighted by Gasteiger charge is -2.32. The zero-order chi connectivity index (χ0) is 15.9. The second kappa shape index (κ2) is 8.13.